The molecule has 1 heterocycles. The number of nitrogens with one attached hydrogen (secondary N) is 1. The largest absolute Gasteiger partial charge is 0.361 e. The second kappa shape index (κ2) is 4.53. The first-order valence-electron chi connectivity index (χ1n) is 6.18. The monoisotopic (exact) mass is 233 g/mol. The summed E-state index contributed by atoms with van der Waals surface area (Å²) in [6.45, 7) is 2.05. The summed E-state index contributed by atoms with van der Waals surface area (Å²) < 4.78 is 0. The van der Waals surface area contributed by atoms with Crippen molar-refractivity contribution < 1.29 is 0 Å². The highest BCUT2D eigenvalue weighted by Crippen LogP contribution is 2.31. The molecule has 1 aromatic heterocycles. The van der Waals surface area contributed by atoms with Gasteiger partial charge in [-0.15, -0.1) is 0 Å². The number of para-hydroxylation sites is 1. The van der Waals surface area contributed by atoms with Crippen LogP contribution in [0.15, 0.2) is 60.8 Å². The Morgan fingerprint density at radius 1 is 0.889 bits per heavy atom. The van der Waals surface area contributed by atoms with Crippen molar-refractivity contribution in [3.05, 3.63) is 66.4 Å². The van der Waals surface area contributed by atoms with Crippen LogP contribution in [0.5, 0.6) is 0 Å². The maximum atomic E-state index is 3.33. The van der Waals surface area contributed by atoms with E-state index in [1.165, 1.54) is 27.6 Å². The summed E-state index contributed by atoms with van der Waals surface area (Å²) in [5.74, 6) is 0. The van der Waals surface area contributed by atoms with Gasteiger partial charge in [0.2, 0.25) is 0 Å². The first-order chi connectivity index (χ1) is 8.90. The molecule has 0 aliphatic heterocycles. The average Bonchev–Trinajstić information content (AvgIpc) is 2.84. The zero-order chi connectivity index (χ0) is 12.4. The fraction of sp³-hybridized carbons (Fsp3) is 0.0588. The number of benzene rings is 2. The van der Waals surface area contributed by atoms with Crippen molar-refractivity contribution in [1.82, 2.24) is 4.98 Å². The standard InChI is InChI=1S/C17H15N/c1-2-7-13-8-3-4-9-14(13)16-12-18-17-11-6-5-10-15(16)17/h2-12,18H,1H3/b7-2-. The molecule has 0 bridgehead atoms. The lowest BCUT2D eigenvalue weighted by Gasteiger charge is -2.04. The zero-order valence-corrected chi connectivity index (χ0v) is 10.4. The molecule has 0 aliphatic carbocycles. The molecule has 1 N–H and O–H groups in total. The quantitative estimate of drug-likeness (QED) is 0.650. The molecule has 1 nitrogen and oxygen atoms in total. The van der Waals surface area contributed by atoms with E-state index in [1.54, 1.807) is 0 Å². The van der Waals surface area contributed by atoms with Crippen LogP contribution < -0.4 is 0 Å². The summed E-state index contributed by atoms with van der Waals surface area (Å²) in [7, 11) is 0. The van der Waals surface area contributed by atoms with Crippen molar-refractivity contribution in [2.45, 2.75) is 6.92 Å². The molecule has 0 spiro atoms. The van der Waals surface area contributed by atoms with Crippen molar-refractivity contribution in [3.8, 4) is 11.1 Å². The summed E-state index contributed by atoms with van der Waals surface area (Å²) >= 11 is 0. The second-order valence-electron chi connectivity index (χ2n) is 4.34. The first-order valence-corrected chi connectivity index (χ1v) is 6.18. The molecule has 0 unspecified atom stereocenters. The molecule has 1 heteroatoms. The highest BCUT2D eigenvalue weighted by molar-refractivity contribution is 5.97. The topological polar surface area (TPSA) is 15.8 Å². The van der Waals surface area contributed by atoms with Gasteiger partial charge in [-0.2, -0.15) is 0 Å². The van der Waals surface area contributed by atoms with E-state index in [-0.39, 0.29) is 0 Å². The normalized spacial score (nSPS) is 11.4. The number of fused-ring (bicyclic) bond motifs is 1. The highest BCUT2D eigenvalue weighted by atomic mass is 14.7. The van der Waals surface area contributed by atoms with Gasteiger partial charge in [0.1, 0.15) is 0 Å². The summed E-state index contributed by atoms with van der Waals surface area (Å²) in [6.07, 6.45) is 6.32. The number of rotatable bonds is 2. The summed E-state index contributed by atoms with van der Waals surface area (Å²) in [5, 5.41) is 1.27. The van der Waals surface area contributed by atoms with Gasteiger partial charge in [-0.25, -0.2) is 0 Å². The molecular formula is C17H15N. The molecule has 3 rings (SSSR count). The van der Waals surface area contributed by atoms with E-state index in [0.29, 0.717) is 0 Å². The van der Waals surface area contributed by atoms with E-state index < -0.39 is 0 Å². The number of allylic oxidation sites excluding steroid dienone is 1. The third-order valence-corrected chi connectivity index (χ3v) is 3.19. The van der Waals surface area contributed by atoms with Gasteiger partial charge in [0.15, 0.2) is 0 Å². The number of aromatic nitrogens is 1. The smallest absolute Gasteiger partial charge is 0.0460 e. The Labute approximate surface area is 107 Å². The lowest BCUT2D eigenvalue weighted by molar-refractivity contribution is 1.47. The number of hydrogen-bond donors (Lipinski definition) is 1. The third kappa shape index (κ3) is 1.74. The molecule has 0 fully saturated rings. The highest BCUT2D eigenvalue weighted by Gasteiger charge is 2.07. The summed E-state index contributed by atoms with van der Waals surface area (Å²) in [6, 6.07) is 16.9. The van der Waals surface area contributed by atoms with Crippen molar-refractivity contribution >= 4 is 17.0 Å². The van der Waals surface area contributed by atoms with Crippen LogP contribution in [0, 0.1) is 0 Å². The van der Waals surface area contributed by atoms with E-state index >= 15 is 0 Å². The van der Waals surface area contributed by atoms with Crippen LogP contribution in [0.3, 0.4) is 0 Å². The molecule has 0 radical (unpaired) electrons. The van der Waals surface area contributed by atoms with Crippen molar-refractivity contribution in [2.24, 2.45) is 0 Å². The van der Waals surface area contributed by atoms with Crippen LogP contribution in [0.25, 0.3) is 28.1 Å². The second-order valence-corrected chi connectivity index (χ2v) is 4.34. The van der Waals surface area contributed by atoms with Gasteiger partial charge in [0, 0.05) is 22.7 Å². The molecule has 88 valence electrons. The predicted molar refractivity (Wildman–Crippen MR) is 78.4 cm³/mol. The Morgan fingerprint density at radius 2 is 1.67 bits per heavy atom. The lowest BCUT2D eigenvalue weighted by Crippen LogP contribution is -1.81. The first kappa shape index (κ1) is 10.8. The van der Waals surface area contributed by atoms with Crippen molar-refractivity contribution in [3.63, 3.8) is 0 Å². The van der Waals surface area contributed by atoms with Crippen LogP contribution in [0.2, 0.25) is 0 Å². The van der Waals surface area contributed by atoms with Crippen molar-refractivity contribution in [2.75, 3.05) is 0 Å². The van der Waals surface area contributed by atoms with E-state index in [9.17, 15) is 0 Å². The van der Waals surface area contributed by atoms with Gasteiger partial charge in [-0.05, 0) is 24.1 Å². The van der Waals surface area contributed by atoms with E-state index in [0.717, 1.165) is 0 Å². The Hall–Kier alpha value is -2.28. The van der Waals surface area contributed by atoms with E-state index in [2.05, 4.69) is 71.9 Å². The minimum Gasteiger partial charge on any atom is -0.361 e. The van der Waals surface area contributed by atoms with Crippen LogP contribution >= 0.6 is 0 Å². The number of aromatic amines is 1. The Morgan fingerprint density at radius 3 is 2.56 bits per heavy atom. The Balaban J connectivity index is 2.26. The van der Waals surface area contributed by atoms with E-state index in [4.69, 9.17) is 0 Å². The van der Waals surface area contributed by atoms with Gasteiger partial charge in [-0.1, -0.05) is 54.6 Å². The fourth-order valence-corrected chi connectivity index (χ4v) is 2.36. The van der Waals surface area contributed by atoms with Crippen LogP contribution in [-0.2, 0) is 0 Å². The molecule has 3 aromatic rings. The van der Waals surface area contributed by atoms with Gasteiger partial charge in [0.05, 0.1) is 0 Å². The Kier molecular flexibility index (Phi) is 2.73. The molecule has 0 amide bonds. The lowest BCUT2D eigenvalue weighted by atomic mass is 9.99. The third-order valence-electron chi connectivity index (χ3n) is 3.19. The molecule has 2 aromatic carbocycles. The molecule has 0 atom stereocenters. The van der Waals surface area contributed by atoms with Gasteiger partial charge in [-0.3, -0.25) is 0 Å². The SMILES string of the molecule is C/C=C\c1ccccc1-c1c[nH]c2ccccc12. The minimum absolute atomic E-state index is 1.18. The maximum Gasteiger partial charge on any atom is 0.0460 e. The fourth-order valence-electron chi connectivity index (χ4n) is 2.36. The number of H-pyrrole nitrogens is 1. The van der Waals surface area contributed by atoms with E-state index in [1.807, 2.05) is 6.92 Å². The molecule has 0 aliphatic rings. The average molecular weight is 233 g/mol. The van der Waals surface area contributed by atoms with Crippen molar-refractivity contribution in [1.29, 1.82) is 0 Å². The predicted octanol–water partition coefficient (Wildman–Crippen LogP) is 4.87. The Bertz CT molecular complexity index is 704. The van der Waals surface area contributed by atoms with Gasteiger partial charge < -0.3 is 4.98 Å². The van der Waals surface area contributed by atoms with Crippen LogP contribution in [-0.4, -0.2) is 4.98 Å². The zero-order valence-electron chi connectivity index (χ0n) is 10.4. The minimum atomic E-state index is 1.18. The summed E-state index contributed by atoms with van der Waals surface area (Å²) in [5.41, 5.74) is 4.97. The van der Waals surface area contributed by atoms with Gasteiger partial charge in [0.25, 0.3) is 0 Å². The molecule has 18 heavy (non-hydrogen) atoms. The molecule has 0 saturated heterocycles. The van der Waals surface area contributed by atoms with Crippen LogP contribution in [0.1, 0.15) is 12.5 Å². The summed E-state index contributed by atoms with van der Waals surface area (Å²) in [4.78, 5) is 3.33. The van der Waals surface area contributed by atoms with Crippen LogP contribution in [0.4, 0.5) is 0 Å². The molecule has 0 saturated carbocycles. The van der Waals surface area contributed by atoms with Gasteiger partial charge >= 0.3 is 0 Å². The molecular weight excluding hydrogens is 218 g/mol. The number of hydrogen-bond acceptors (Lipinski definition) is 0. The maximum absolute atomic E-state index is 3.33.